The third kappa shape index (κ3) is 8.13. The van der Waals surface area contributed by atoms with E-state index in [1.165, 1.54) is 31.5 Å². The minimum Gasteiger partial charge on any atom is -0.357 e. The zero-order valence-electron chi connectivity index (χ0n) is 15.6. The Bertz CT molecular complexity index is 511. The lowest BCUT2D eigenvalue weighted by molar-refractivity contribution is 0.167. The van der Waals surface area contributed by atoms with Gasteiger partial charge in [-0.3, -0.25) is 4.99 Å². The maximum atomic E-state index is 5.92. The van der Waals surface area contributed by atoms with E-state index in [-0.39, 0.29) is 24.0 Å². The average molecular weight is 479 g/mol. The monoisotopic (exact) mass is 478 g/mol. The molecule has 1 heterocycles. The standard InChI is InChI=1S/C19H31ClN4.HI/c1-4-21-19(22-12-9-16-5-7-17(20)8-6-16)23-18-10-13-24(14-11-18)15(2)3;/h5-8,15,18H,4,9-14H2,1-3H3,(H2,21,22,23);1H. The number of hydrogen-bond acceptors (Lipinski definition) is 2. The van der Waals surface area contributed by atoms with Crippen LogP contribution in [0, 0.1) is 0 Å². The molecule has 4 nitrogen and oxygen atoms in total. The number of likely N-dealkylation sites (tertiary alicyclic amines) is 1. The van der Waals surface area contributed by atoms with Crippen LogP contribution < -0.4 is 10.6 Å². The summed E-state index contributed by atoms with van der Waals surface area (Å²) in [4.78, 5) is 7.27. The van der Waals surface area contributed by atoms with Crippen LogP contribution >= 0.6 is 35.6 Å². The van der Waals surface area contributed by atoms with Crippen molar-refractivity contribution in [2.24, 2.45) is 4.99 Å². The Morgan fingerprint density at radius 1 is 1.24 bits per heavy atom. The maximum absolute atomic E-state index is 5.92. The fourth-order valence-electron chi connectivity index (χ4n) is 3.02. The molecule has 0 aromatic heterocycles. The Morgan fingerprint density at radius 3 is 2.44 bits per heavy atom. The number of piperidine rings is 1. The van der Waals surface area contributed by atoms with E-state index in [4.69, 9.17) is 16.6 Å². The highest BCUT2D eigenvalue weighted by molar-refractivity contribution is 14.0. The Labute approximate surface area is 174 Å². The SMILES string of the molecule is CCNC(=NCCc1ccc(Cl)cc1)NC1CCN(C(C)C)CC1.I. The first-order valence-electron chi connectivity index (χ1n) is 9.11. The molecule has 1 saturated heterocycles. The second-order valence-electron chi connectivity index (χ2n) is 6.69. The van der Waals surface area contributed by atoms with Gasteiger partial charge in [0.25, 0.3) is 0 Å². The molecular weight excluding hydrogens is 447 g/mol. The number of nitrogens with zero attached hydrogens (tertiary/aromatic N) is 2. The molecule has 25 heavy (non-hydrogen) atoms. The van der Waals surface area contributed by atoms with Gasteiger partial charge in [-0.2, -0.15) is 0 Å². The molecule has 6 heteroatoms. The Morgan fingerprint density at radius 2 is 1.88 bits per heavy atom. The Hall–Kier alpha value is -0.530. The van der Waals surface area contributed by atoms with E-state index in [1.54, 1.807) is 0 Å². The number of rotatable bonds is 6. The molecule has 0 aliphatic carbocycles. The number of aliphatic imine (C=N–C) groups is 1. The molecule has 2 rings (SSSR count). The molecule has 0 unspecified atom stereocenters. The second kappa shape index (κ2) is 12.0. The van der Waals surface area contributed by atoms with Crippen molar-refractivity contribution in [1.29, 1.82) is 0 Å². The molecule has 142 valence electrons. The third-order valence-electron chi connectivity index (χ3n) is 4.53. The largest absolute Gasteiger partial charge is 0.357 e. The predicted molar refractivity (Wildman–Crippen MR) is 119 cm³/mol. The molecule has 0 atom stereocenters. The summed E-state index contributed by atoms with van der Waals surface area (Å²) < 4.78 is 0. The van der Waals surface area contributed by atoms with Crippen LogP contribution in [0.4, 0.5) is 0 Å². The van der Waals surface area contributed by atoms with Crippen LogP contribution in [0.15, 0.2) is 29.3 Å². The molecule has 0 radical (unpaired) electrons. The first-order chi connectivity index (χ1) is 11.6. The molecule has 1 aliphatic heterocycles. The zero-order valence-corrected chi connectivity index (χ0v) is 18.7. The van der Waals surface area contributed by atoms with Gasteiger partial charge in [0, 0.05) is 43.3 Å². The van der Waals surface area contributed by atoms with E-state index >= 15 is 0 Å². The van der Waals surface area contributed by atoms with Crippen LogP contribution in [0.1, 0.15) is 39.2 Å². The smallest absolute Gasteiger partial charge is 0.191 e. The molecule has 0 saturated carbocycles. The van der Waals surface area contributed by atoms with E-state index < -0.39 is 0 Å². The van der Waals surface area contributed by atoms with Gasteiger partial charge in [0.05, 0.1) is 0 Å². The zero-order chi connectivity index (χ0) is 17.4. The molecular formula is C19H32ClIN4. The quantitative estimate of drug-likeness (QED) is 0.370. The summed E-state index contributed by atoms with van der Waals surface area (Å²) in [6.07, 6.45) is 3.29. The minimum atomic E-state index is 0. The highest BCUT2D eigenvalue weighted by Gasteiger charge is 2.21. The maximum Gasteiger partial charge on any atom is 0.191 e. The van der Waals surface area contributed by atoms with Crippen LogP contribution in [0.5, 0.6) is 0 Å². The summed E-state index contributed by atoms with van der Waals surface area (Å²) in [5.74, 6) is 0.939. The van der Waals surface area contributed by atoms with E-state index in [2.05, 4.69) is 48.4 Å². The number of nitrogens with one attached hydrogen (secondary N) is 2. The molecule has 0 bridgehead atoms. The van der Waals surface area contributed by atoms with Crippen LogP contribution in [-0.2, 0) is 6.42 Å². The van der Waals surface area contributed by atoms with Gasteiger partial charge >= 0.3 is 0 Å². The van der Waals surface area contributed by atoms with E-state index in [0.29, 0.717) is 12.1 Å². The number of benzene rings is 1. The molecule has 1 aromatic rings. The van der Waals surface area contributed by atoms with Crippen molar-refractivity contribution in [3.8, 4) is 0 Å². The topological polar surface area (TPSA) is 39.7 Å². The summed E-state index contributed by atoms with van der Waals surface area (Å²) in [6, 6.07) is 9.18. The van der Waals surface area contributed by atoms with E-state index in [0.717, 1.165) is 30.5 Å². The van der Waals surface area contributed by atoms with Crippen molar-refractivity contribution in [2.75, 3.05) is 26.2 Å². The lowest BCUT2D eigenvalue weighted by Gasteiger charge is -2.35. The van der Waals surface area contributed by atoms with Crippen molar-refractivity contribution in [1.82, 2.24) is 15.5 Å². The van der Waals surface area contributed by atoms with Crippen molar-refractivity contribution in [3.63, 3.8) is 0 Å². The first kappa shape index (κ1) is 22.5. The molecule has 0 amide bonds. The van der Waals surface area contributed by atoms with E-state index in [9.17, 15) is 0 Å². The van der Waals surface area contributed by atoms with Crippen LogP contribution in [-0.4, -0.2) is 49.1 Å². The molecule has 0 spiro atoms. The highest BCUT2D eigenvalue weighted by atomic mass is 127. The summed E-state index contributed by atoms with van der Waals surface area (Å²) in [5, 5.41) is 7.75. The summed E-state index contributed by atoms with van der Waals surface area (Å²) in [5.41, 5.74) is 1.27. The lowest BCUT2D eigenvalue weighted by Crippen LogP contribution is -2.49. The van der Waals surface area contributed by atoms with Gasteiger partial charge < -0.3 is 15.5 Å². The van der Waals surface area contributed by atoms with Crippen molar-refractivity contribution in [3.05, 3.63) is 34.9 Å². The van der Waals surface area contributed by atoms with Gasteiger partial charge in [-0.05, 0) is 57.7 Å². The fraction of sp³-hybridized carbons (Fsp3) is 0.632. The molecule has 2 N–H and O–H groups in total. The first-order valence-corrected chi connectivity index (χ1v) is 9.49. The second-order valence-corrected chi connectivity index (χ2v) is 7.12. The normalized spacial score (nSPS) is 16.6. The minimum absolute atomic E-state index is 0. The number of hydrogen-bond donors (Lipinski definition) is 2. The fourth-order valence-corrected chi connectivity index (χ4v) is 3.15. The van der Waals surface area contributed by atoms with Gasteiger partial charge in [-0.1, -0.05) is 23.7 Å². The van der Waals surface area contributed by atoms with Gasteiger partial charge in [0.2, 0.25) is 0 Å². The van der Waals surface area contributed by atoms with Crippen LogP contribution in [0.3, 0.4) is 0 Å². The van der Waals surface area contributed by atoms with Crippen molar-refractivity contribution in [2.45, 2.75) is 52.1 Å². The number of guanidine groups is 1. The van der Waals surface area contributed by atoms with E-state index in [1.807, 2.05) is 12.1 Å². The summed E-state index contributed by atoms with van der Waals surface area (Å²) in [6.45, 7) is 10.7. The lowest BCUT2D eigenvalue weighted by atomic mass is 10.0. The van der Waals surface area contributed by atoms with Crippen molar-refractivity contribution < 1.29 is 0 Å². The molecule has 1 aromatic carbocycles. The molecule has 1 aliphatic rings. The Balaban J connectivity index is 0.00000312. The average Bonchev–Trinajstić information content (AvgIpc) is 2.57. The Kier molecular flexibility index (Phi) is 10.8. The highest BCUT2D eigenvalue weighted by Crippen LogP contribution is 2.13. The van der Waals surface area contributed by atoms with Gasteiger partial charge in [-0.15, -0.1) is 24.0 Å². The van der Waals surface area contributed by atoms with Crippen LogP contribution in [0.25, 0.3) is 0 Å². The third-order valence-corrected chi connectivity index (χ3v) is 4.78. The predicted octanol–water partition coefficient (Wildman–Crippen LogP) is 3.93. The van der Waals surface area contributed by atoms with Gasteiger partial charge in [-0.25, -0.2) is 0 Å². The van der Waals surface area contributed by atoms with Crippen LogP contribution in [0.2, 0.25) is 5.02 Å². The summed E-state index contributed by atoms with van der Waals surface area (Å²) in [7, 11) is 0. The molecule has 1 fully saturated rings. The van der Waals surface area contributed by atoms with Gasteiger partial charge in [0.1, 0.15) is 0 Å². The van der Waals surface area contributed by atoms with Gasteiger partial charge in [0.15, 0.2) is 5.96 Å². The number of halogens is 2. The summed E-state index contributed by atoms with van der Waals surface area (Å²) >= 11 is 5.92. The van der Waals surface area contributed by atoms with Crippen molar-refractivity contribution >= 4 is 41.5 Å².